The van der Waals surface area contributed by atoms with Gasteiger partial charge in [-0.1, -0.05) is 74.6 Å². The molecule has 42 heavy (non-hydrogen) atoms. The van der Waals surface area contributed by atoms with Crippen LogP contribution >= 0.6 is 0 Å². The highest BCUT2D eigenvalue weighted by molar-refractivity contribution is 6.06. The maximum atomic E-state index is 13.1. The number of hydrogen-bond donors (Lipinski definition) is 2. The van der Waals surface area contributed by atoms with Crippen molar-refractivity contribution < 1.29 is 27.9 Å². The largest absolute Gasteiger partial charge is 0.478 e. The molecule has 3 aromatic carbocycles. The van der Waals surface area contributed by atoms with Gasteiger partial charge in [0.1, 0.15) is 5.69 Å². The van der Waals surface area contributed by atoms with Crippen molar-refractivity contribution in [2.45, 2.75) is 59.7 Å². The number of aryl methyl sites for hydroxylation is 1. The second kappa shape index (κ2) is 15.5. The lowest BCUT2D eigenvalue weighted by Crippen LogP contribution is -2.21. The van der Waals surface area contributed by atoms with Crippen molar-refractivity contribution in [3.8, 4) is 11.8 Å². The van der Waals surface area contributed by atoms with Crippen LogP contribution in [0.15, 0.2) is 72.8 Å². The number of rotatable bonds is 5. The van der Waals surface area contributed by atoms with E-state index in [-0.39, 0.29) is 33.5 Å². The number of alkyl halides is 3. The Morgan fingerprint density at radius 2 is 1.62 bits per heavy atom. The number of hydrogen-bond acceptors (Lipinski definition) is 4. The monoisotopic (exact) mass is 576 g/mol. The lowest BCUT2D eigenvalue weighted by molar-refractivity contribution is -0.137. The number of halogens is 3. The quantitative estimate of drug-likeness (QED) is 0.186. The van der Waals surface area contributed by atoms with Gasteiger partial charge < -0.3 is 10.8 Å². The molecule has 5 nitrogen and oxygen atoms in total. The van der Waals surface area contributed by atoms with Gasteiger partial charge in [-0.25, -0.2) is 9.78 Å². The number of nitrogens with zero attached hydrogens (tertiary/aromatic N) is 1. The van der Waals surface area contributed by atoms with E-state index in [9.17, 15) is 27.9 Å². The van der Waals surface area contributed by atoms with Gasteiger partial charge in [-0.2, -0.15) is 13.2 Å². The number of carboxylic acid groups (broad SMARTS) is 1. The summed E-state index contributed by atoms with van der Waals surface area (Å²) in [5.74, 6) is 3.49. The van der Waals surface area contributed by atoms with Gasteiger partial charge in [-0.3, -0.25) is 4.79 Å². The van der Waals surface area contributed by atoms with E-state index in [1.165, 1.54) is 60.5 Å². The summed E-state index contributed by atoms with van der Waals surface area (Å²) >= 11 is 0. The third kappa shape index (κ3) is 9.57. The molecule has 0 saturated carbocycles. The molecule has 1 unspecified atom stereocenters. The summed E-state index contributed by atoms with van der Waals surface area (Å²) in [4.78, 5) is 27.2. The van der Waals surface area contributed by atoms with Crippen LogP contribution in [0.4, 0.5) is 13.2 Å². The van der Waals surface area contributed by atoms with Crippen LogP contribution in [0, 0.1) is 18.8 Å². The highest BCUT2D eigenvalue weighted by Gasteiger charge is 2.32. The zero-order valence-electron chi connectivity index (χ0n) is 24.3. The molecule has 1 atom stereocenters. The van der Waals surface area contributed by atoms with Gasteiger partial charge in [0.2, 0.25) is 0 Å². The van der Waals surface area contributed by atoms with Crippen LogP contribution in [0.2, 0.25) is 0 Å². The number of nitrogens with two attached hydrogens (primary N) is 1. The van der Waals surface area contributed by atoms with Crippen LogP contribution in [0.3, 0.4) is 0 Å². The summed E-state index contributed by atoms with van der Waals surface area (Å²) in [5, 5.41) is 9.66. The van der Waals surface area contributed by atoms with Gasteiger partial charge in [-0.15, -0.1) is 0 Å². The van der Waals surface area contributed by atoms with Gasteiger partial charge in [0.25, 0.3) is 0 Å². The highest BCUT2D eigenvalue weighted by atomic mass is 19.4. The van der Waals surface area contributed by atoms with Gasteiger partial charge in [0.05, 0.1) is 16.6 Å². The zero-order chi connectivity index (χ0) is 31.4. The fourth-order valence-electron chi connectivity index (χ4n) is 3.81. The Hall–Kier alpha value is -4.48. The second-order valence-electron chi connectivity index (χ2n) is 9.30. The van der Waals surface area contributed by atoms with Crippen molar-refractivity contribution in [3.63, 3.8) is 0 Å². The third-order valence-electron chi connectivity index (χ3n) is 6.12. The molecule has 0 aliphatic heterocycles. The molecular weight excluding hydrogens is 541 g/mol. The lowest BCUT2D eigenvalue weighted by atomic mass is 10.0. The number of carbonyl (C=O) groups excluding carboxylic acids is 1. The fraction of sp³-hybridized carbons (Fsp3) is 0.265. The Balaban J connectivity index is 0.000000368. The van der Waals surface area contributed by atoms with Crippen molar-refractivity contribution in [3.05, 3.63) is 112 Å². The van der Waals surface area contributed by atoms with E-state index in [1.54, 1.807) is 0 Å². The van der Waals surface area contributed by atoms with Crippen LogP contribution in [0.5, 0.6) is 0 Å². The predicted molar refractivity (Wildman–Crippen MR) is 161 cm³/mol. The van der Waals surface area contributed by atoms with Crippen LogP contribution in [0.25, 0.3) is 10.9 Å². The first-order chi connectivity index (χ1) is 19.9. The molecule has 1 aromatic heterocycles. The minimum Gasteiger partial charge on any atom is -0.478 e. The van der Waals surface area contributed by atoms with E-state index in [0.29, 0.717) is 11.6 Å². The van der Waals surface area contributed by atoms with E-state index < -0.39 is 17.7 Å². The predicted octanol–water partition coefficient (Wildman–Crippen LogP) is 7.86. The summed E-state index contributed by atoms with van der Waals surface area (Å²) in [6.45, 7) is 9.50. The molecule has 0 aliphatic carbocycles. The maximum absolute atomic E-state index is 13.1. The van der Waals surface area contributed by atoms with Crippen LogP contribution in [-0.2, 0) is 12.6 Å². The molecule has 0 radical (unpaired) electrons. The molecule has 0 spiro atoms. The molecule has 1 heterocycles. The van der Waals surface area contributed by atoms with E-state index in [4.69, 9.17) is 5.73 Å². The van der Waals surface area contributed by atoms with Crippen LogP contribution < -0.4 is 5.73 Å². The minimum absolute atomic E-state index is 0.0165. The number of aromatic nitrogens is 1. The Morgan fingerprint density at radius 3 is 2.19 bits per heavy atom. The van der Waals surface area contributed by atoms with E-state index in [1.807, 2.05) is 13.8 Å². The van der Waals surface area contributed by atoms with E-state index in [0.717, 1.165) is 18.9 Å². The molecule has 0 saturated heterocycles. The van der Waals surface area contributed by atoms with Crippen LogP contribution in [-0.4, -0.2) is 27.9 Å². The number of aromatic carboxylic acids is 1. The SMILES string of the molecule is CC.CC(=O)c1cc(C(=O)O)c2cc(C#Cc3ccccc3C(F)(F)F)ccc2n1.CCC(N)Cc1ccc(C)cc1. The van der Waals surface area contributed by atoms with Gasteiger partial charge in [-0.05, 0) is 61.7 Å². The number of carbonyl (C=O) groups is 2. The van der Waals surface area contributed by atoms with E-state index >= 15 is 0 Å². The average Bonchev–Trinajstić information content (AvgIpc) is 2.97. The Kier molecular flexibility index (Phi) is 12.4. The standard InChI is InChI=1S/C21H12F3NO3.C11H17N.C2H6/c1-12(26)19-11-16(20(27)28)15-10-13(7-9-18(15)25-19)6-8-14-4-2-3-5-17(14)21(22,23)24;1-3-11(12)8-10-6-4-9(2)5-7-10;1-2/h2-5,7,9-11H,1H3,(H,27,28);4-7,11H,3,8,12H2,1-2H3;1-2H3. The molecular formula is C34H35F3N2O3. The van der Waals surface area contributed by atoms with Gasteiger partial charge in [0, 0.05) is 29.5 Å². The molecule has 220 valence electrons. The van der Waals surface area contributed by atoms with Crippen LogP contribution in [0.1, 0.15) is 82.8 Å². The number of ketones is 1. The molecule has 8 heteroatoms. The molecule has 4 aromatic rings. The molecule has 4 rings (SSSR count). The molecule has 0 aliphatic rings. The second-order valence-corrected chi connectivity index (χ2v) is 9.30. The minimum atomic E-state index is -4.53. The van der Waals surface area contributed by atoms with Gasteiger partial charge >= 0.3 is 12.1 Å². The third-order valence-corrected chi connectivity index (χ3v) is 6.12. The normalized spacial score (nSPS) is 11.2. The number of pyridine rings is 1. The first-order valence-electron chi connectivity index (χ1n) is 13.6. The number of carboxylic acids is 1. The number of fused-ring (bicyclic) bond motifs is 1. The van der Waals surface area contributed by atoms with Crippen molar-refractivity contribution >= 4 is 22.7 Å². The number of benzene rings is 3. The first-order valence-corrected chi connectivity index (χ1v) is 13.6. The van der Waals surface area contributed by atoms with E-state index in [2.05, 4.69) is 54.9 Å². The molecule has 0 fully saturated rings. The van der Waals surface area contributed by atoms with Crippen molar-refractivity contribution in [2.24, 2.45) is 5.73 Å². The topological polar surface area (TPSA) is 93.3 Å². The first kappa shape index (κ1) is 33.7. The number of Topliss-reactive ketones (excluding diaryl/α,β-unsaturated/α-hetero) is 1. The summed E-state index contributed by atoms with van der Waals surface area (Å²) < 4.78 is 39.2. The maximum Gasteiger partial charge on any atom is 0.417 e. The lowest BCUT2D eigenvalue weighted by Gasteiger charge is -2.08. The average molecular weight is 577 g/mol. The van der Waals surface area contributed by atoms with Crippen molar-refractivity contribution in [1.29, 1.82) is 0 Å². The zero-order valence-corrected chi connectivity index (χ0v) is 24.3. The Morgan fingerprint density at radius 1 is 0.976 bits per heavy atom. The smallest absolute Gasteiger partial charge is 0.417 e. The summed E-state index contributed by atoms with van der Waals surface area (Å²) in [5.41, 5.74) is 7.96. The molecule has 3 N–H and O–H groups in total. The summed E-state index contributed by atoms with van der Waals surface area (Å²) in [6, 6.07) is 19.4. The highest BCUT2D eigenvalue weighted by Crippen LogP contribution is 2.31. The summed E-state index contributed by atoms with van der Waals surface area (Å²) in [7, 11) is 0. The molecule has 0 amide bonds. The summed E-state index contributed by atoms with van der Waals surface area (Å²) in [6.07, 6.45) is -2.48. The Labute approximate surface area is 244 Å². The Bertz CT molecular complexity index is 1580. The van der Waals surface area contributed by atoms with Crippen molar-refractivity contribution in [1.82, 2.24) is 4.98 Å². The molecule has 0 bridgehead atoms. The fourth-order valence-corrected chi connectivity index (χ4v) is 3.81. The van der Waals surface area contributed by atoms with Crippen molar-refractivity contribution in [2.75, 3.05) is 0 Å². The van der Waals surface area contributed by atoms with Gasteiger partial charge in [0.15, 0.2) is 5.78 Å².